The van der Waals surface area contributed by atoms with Crippen LogP contribution in [0.2, 0.25) is 0 Å². The zero-order valence-corrected chi connectivity index (χ0v) is 15.8. The smallest absolute Gasteiger partial charge is 0.345 e. The second kappa shape index (κ2) is 7.61. The van der Waals surface area contributed by atoms with Crippen LogP contribution in [0.5, 0.6) is 0 Å². The van der Waals surface area contributed by atoms with Gasteiger partial charge in [-0.2, -0.15) is 18.3 Å². The number of carbonyl (C=O) groups excluding carboxylic acids is 1. The van der Waals surface area contributed by atoms with Gasteiger partial charge in [0.15, 0.2) is 5.65 Å². The van der Waals surface area contributed by atoms with Crippen LogP contribution in [0, 0.1) is 13.8 Å². The standard InChI is InChI=1S/C20H21F3N4O/c1-4-6-17(14-7-5-8-15(10-14)20(21,22)23)26-19(28)16-11-24-27-13(3)9-12(2)25-18(16)27/h5,7-11,17H,4,6H2,1-3H3,(H,26,28). The molecule has 1 N–H and O–H groups in total. The van der Waals surface area contributed by atoms with Crippen LogP contribution in [0.4, 0.5) is 13.2 Å². The van der Waals surface area contributed by atoms with Crippen LogP contribution in [0.1, 0.15) is 58.7 Å². The summed E-state index contributed by atoms with van der Waals surface area (Å²) in [6, 6.07) is 6.37. The van der Waals surface area contributed by atoms with E-state index >= 15 is 0 Å². The maximum absolute atomic E-state index is 13.0. The van der Waals surface area contributed by atoms with Crippen LogP contribution < -0.4 is 5.32 Å². The van der Waals surface area contributed by atoms with Crippen molar-refractivity contribution in [3.63, 3.8) is 0 Å². The highest BCUT2D eigenvalue weighted by Crippen LogP contribution is 2.31. The lowest BCUT2D eigenvalue weighted by Gasteiger charge is -2.19. The zero-order chi connectivity index (χ0) is 20.5. The fraction of sp³-hybridized carbons (Fsp3) is 0.350. The molecule has 0 radical (unpaired) electrons. The van der Waals surface area contributed by atoms with Gasteiger partial charge < -0.3 is 5.32 Å². The molecule has 0 aliphatic carbocycles. The average Bonchev–Trinajstić information content (AvgIpc) is 3.05. The van der Waals surface area contributed by atoms with Gasteiger partial charge in [0.25, 0.3) is 5.91 Å². The lowest BCUT2D eigenvalue weighted by atomic mass is 9.99. The van der Waals surface area contributed by atoms with Crippen LogP contribution in [-0.4, -0.2) is 20.5 Å². The third-order valence-corrected chi connectivity index (χ3v) is 4.52. The number of nitrogens with zero attached hydrogens (tertiary/aromatic N) is 3. The minimum atomic E-state index is -4.43. The number of carbonyl (C=O) groups is 1. The van der Waals surface area contributed by atoms with E-state index in [1.165, 1.54) is 12.3 Å². The Morgan fingerprint density at radius 1 is 1.25 bits per heavy atom. The molecule has 1 aromatic carbocycles. The Labute approximate surface area is 160 Å². The van der Waals surface area contributed by atoms with Crippen LogP contribution in [0.15, 0.2) is 36.5 Å². The first-order chi connectivity index (χ1) is 13.2. The van der Waals surface area contributed by atoms with Gasteiger partial charge in [0.05, 0.1) is 17.8 Å². The lowest BCUT2D eigenvalue weighted by Crippen LogP contribution is -2.28. The van der Waals surface area contributed by atoms with E-state index in [1.807, 2.05) is 26.8 Å². The average molecular weight is 390 g/mol. The molecule has 148 valence electrons. The Balaban J connectivity index is 1.92. The molecule has 0 spiro atoms. The number of rotatable bonds is 5. The highest BCUT2D eigenvalue weighted by Gasteiger charge is 2.31. The Kier molecular flexibility index (Phi) is 5.40. The van der Waals surface area contributed by atoms with E-state index in [9.17, 15) is 18.0 Å². The van der Waals surface area contributed by atoms with E-state index in [2.05, 4.69) is 15.4 Å². The van der Waals surface area contributed by atoms with Crippen LogP contribution in [0.25, 0.3) is 5.65 Å². The number of amides is 1. The highest BCUT2D eigenvalue weighted by atomic mass is 19.4. The number of hydrogen-bond donors (Lipinski definition) is 1. The van der Waals surface area contributed by atoms with Gasteiger partial charge in [-0.1, -0.05) is 25.5 Å². The van der Waals surface area contributed by atoms with Crippen molar-refractivity contribution in [3.05, 3.63) is 64.6 Å². The number of aryl methyl sites for hydroxylation is 2. The molecule has 3 aromatic rings. The second-order valence-corrected chi connectivity index (χ2v) is 6.77. The van der Waals surface area contributed by atoms with Gasteiger partial charge in [0.1, 0.15) is 5.56 Å². The Bertz CT molecular complexity index is 1010. The maximum Gasteiger partial charge on any atom is 0.416 e. The molecule has 0 bridgehead atoms. The number of halogens is 3. The molecule has 0 aliphatic rings. The first-order valence-corrected chi connectivity index (χ1v) is 9.00. The van der Waals surface area contributed by atoms with Crippen molar-refractivity contribution in [2.75, 3.05) is 0 Å². The largest absolute Gasteiger partial charge is 0.416 e. The van der Waals surface area contributed by atoms with Crippen LogP contribution in [-0.2, 0) is 6.18 Å². The predicted molar refractivity (Wildman–Crippen MR) is 99.0 cm³/mol. The molecule has 8 heteroatoms. The molecule has 1 unspecified atom stereocenters. The van der Waals surface area contributed by atoms with Gasteiger partial charge in [-0.25, -0.2) is 9.50 Å². The molecule has 0 aliphatic heterocycles. The number of hydrogen-bond acceptors (Lipinski definition) is 3. The van der Waals surface area contributed by atoms with Crippen LogP contribution >= 0.6 is 0 Å². The van der Waals surface area contributed by atoms with E-state index < -0.39 is 23.7 Å². The molecule has 0 fully saturated rings. The summed E-state index contributed by atoms with van der Waals surface area (Å²) >= 11 is 0. The summed E-state index contributed by atoms with van der Waals surface area (Å²) in [4.78, 5) is 17.2. The van der Waals surface area contributed by atoms with E-state index in [0.717, 1.165) is 23.5 Å². The Morgan fingerprint density at radius 3 is 2.68 bits per heavy atom. The number of aromatic nitrogens is 3. The van der Waals surface area contributed by atoms with Crippen molar-refractivity contribution in [1.29, 1.82) is 0 Å². The first kappa shape index (κ1) is 19.9. The van der Waals surface area contributed by atoms with Gasteiger partial charge in [-0.15, -0.1) is 0 Å². The summed E-state index contributed by atoms with van der Waals surface area (Å²) in [7, 11) is 0. The summed E-state index contributed by atoms with van der Waals surface area (Å²) in [5, 5.41) is 7.04. The van der Waals surface area contributed by atoms with Crippen molar-refractivity contribution in [2.45, 2.75) is 45.8 Å². The minimum Gasteiger partial charge on any atom is -0.345 e. The van der Waals surface area contributed by atoms with Gasteiger partial charge in [-0.3, -0.25) is 4.79 Å². The van der Waals surface area contributed by atoms with Crippen molar-refractivity contribution >= 4 is 11.6 Å². The minimum absolute atomic E-state index is 0.292. The number of alkyl halides is 3. The van der Waals surface area contributed by atoms with Crippen molar-refractivity contribution < 1.29 is 18.0 Å². The molecule has 1 atom stereocenters. The number of fused-ring (bicyclic) bond motifs is 1. The number of nitrogens with one attached hydrogen (secondary N) is 1. The first-order valence-electron chi connectivity index (χ1n) is 9.00. The molecular formula is C20H21F3N4O. The highest BCUT2D eigenvalue weighted by molar-refractivity contribution is 5.99. The van der Waals surface area contributed by atoms with Crippen LogP contribution in [0.3, 0.4) is 0 Å². The van der Waals surface area contributed by atoms with E-state index in [1.54, 1.807) is 10.6 Å². The number of benzene rings is 1. The van der Waals surface area contributed by atoms with Gasteiger partial charge >= 0.3 is 6.18 Å². The Hall–Kier alpha value is -2.90. The Morgan fingerprint density at radius 2 is 2.00 bits per heavy atom. The predicted octanol–water partition coefficient (Wildman–Crippen LogP) is 4.64. The maximum atomic E-state index is 13.0. The summed E-state index contributed by atoms with van der Waals surface area (Å²) in [6.45, 7) is 5.60. The SMILES string of the molecule is CCCC(NC(=O)c1cnn2c(C)cc(C)nc12)c1cccc(C(F)(F)F)c1. The molecule has 0 saturated heterocycles. The molecule has 1 amide bonds. The molecule has 28 heavy (non-hydrogen) atoms. The molecular weight excluding hydrogens is 369 g/mol. The monoisotopic (exact) mass is 390 g/mol. The lowest BCUT2D eigenvalue weighted by molar-refractivity contribution is -0.137. The van der Waals surface area contributed by atoms with Crippen molar-refractivity contribution in [2.24, 2.45) is 0 Å². The fourth-order valence-electron chi connectivity index (χ4n) is 3.21. The third-order valence-electron chi connectivity index (χ3n) is 4.52. The molecule has 3 rings (SSSR count). The molecule has 5 nitrogen and oxygen atoms in total. The van der Waals surface area contributed by atoms with Crippen molar-refractivity contribution in [1.82, 2.24) is 19.9 Å². The second-order valence-electron chi connectivity index (χ2n) is 6.77. The summed E-state index contributed by atoms with van der Waals surface area (Å²) < 4.78 is 40.7. The van der Waals surface area contributed by atoms with Gasteiger partial charge in [0.2, 0.25) is 0 Å². The summed E-state index contributed by atoms with van der Waals surface area (Å²) in [5.41, 5.74) is 1.99. The fourth-order valence-corrected chi connectivity index (χ4v) is 3.21. The summed E-state index contributed by atoms with van der Waals surface area (Å²) in [6.07, 6.45) is -1.79. The normalized spacial score (nSPS) is 12.9. The zero-order valence-electron chi connectivity index (χ0n) is 15.8. The topological polar surface area (TPSA) is 59.3 Å². The van der Waals surface area contributed by atoms with Crippen molar-refractivity contribution in [3.8, 4) is 0 Å². The quantitative estimate of drug-likeness (QED) is 0.691. The molecule has 2 aromatic heterocycles. The van der Waals surface area contributed by atoms with E-state index in [0.29, 0.717) is 29.6 Å². The molecule has 0 saturated carbocycles. The third kappa shape index (κ3) is 4.00. The van der Waals surface area contributed by atoms with E-state index in [-0.39, 0.29) is 0 Å². The van der Waals surface area contributed by atoms with Gasteiger partial charge in [0, 0.05) is 11.4 Å². The van der Waals surface area contributed by atoms with Gasteiger partial charge in [-0.05, 0) is 44.0 Å². The molecule has 2 heterocycles. The van der Waals surface area contributed by atoms with E-state index in [4.69, 9.17) is 0 Å². The summed E-state index contributed by atoms with van der Waals surface area (Å²) in [5.74, 6) is -0.414.